The summed E-state index contributed by atoms with van der Waals surface area (Å²) in [7, 11) is 1.38. The Morgan fingerprint density at radius 3 is 2.18 bits per heavy atom. The molecule has 3 nitrogen and oxygen atoms in total. The monoisotopic (exact) mass is 152 g/mol. The average Bonchev–Trinajstić information content (AvgIpc) is 1.99. The van der Waals surface area contributed by atoms with Gasteiger partial charge in [-0.2, -0.15) is 0 Å². The predicted octanol–water partition coefficient (Wildman–Crippen LogP) is 0.615. The number of methoxy groups -OCH3 is 1. The number of carbonyl (C=O) groups is 2. The SMILES string of the molecule is COC1=C(C)C(=O)C=CC1=O. The maximum Gasteiger partial charge on any atom is 0.220 e. The zero-order valence-corrected chi connectivity index (χ0v) is 6.38. The van der Waals surface area contributed by atoms with Gasteiger partial charge in [-0.25, -0.2) is 0 Å². The third kappa shape index (κ3) is 1.22. The molecule has 0 aromatic heterocycles. The Hall–Kier alpha value is -1.38. The lowest BCUT2D eigenvalue weighted by Gasteiger charge is -2.08. The van der Waals surface area contributed by atoms with Gasteiger partial charge in [-0.3, -0.25) is 9.59 Å². The Bertz CT molecular complexity index is 271. The van der Waals surface area contributed by atoms with Crippen LogP contribution in [0.15, 0.2) is 23.5 Å². The summed E-state index contributed by atoms with van der Waals surface area (Å²) < 4.78 is 4.74. The summed E-state index contributed by atoms with van der Waals surface area (Å²) in [6.07, 6.45) is 2.47. The van der Waals surface area contributed by atoms with E-state index in [1.807, 2.05) is 0 Å². The lowest BCUT2D eigenvalue weighted by molar-refractivity contribution is -0.117. The van der Waals surface area contributed by atoms with Crippen molar-refractivity contribution in [3.8, 4) is 0 Å². The first-order chi connectivity index (χ1) is 5.16. The maximum absolute atomic E-state index is 11.0. The number of hydrogen-bond donors (Lipinski definition) is 0. The van der Waals surface area contributed by atoms with Crippen molar-refractivity contribution in [2.24, 2.45) is 0 Å². The van der Waals surface area contributed by atoms with Crippen LogP contribution in [0.4, 0.5) is 0 Å². The van der Waals surface area contributed by atoms with Crippen molar-refractivity contribution in [2.75, 3.05) is 7.11 Å². The van der Waals surface area contributed by atoms with Crippen LogP contribution in [0.1, 0.15) is 6.92 Å². The van der Waals surface area contributed by atoms with Crippen LogP contribution >= 0.6 is 0 Å². The number of ketones is 2. The summed E-state index contributed by atoms with van der Waals surface area (Å²) in [5, 5.41) is 0. The molecule has 0 amide bonds. The molecule has 0 bridgehead atoms. The average molecular weight is 152 g/mol. The molecule has 0 N–H and O–H groups in total. The van der Waals surface area contributed by atoms with Gasteiger partial charge in [0, 0.05) is 5.57 Å². The molecule has 0 spiro atoms. The third-order valence-electron chi connectivity index (χ3n) is 1.52. The Kier molecular flexibility index (Phi) is 1.89. The molecular weight excluding hydrogens is 144 g/mol. The van der Waals surface area contributed by atoms with E-state index >= 15 is 0 Å². The molecule has 0 aliphatic heterocycles. The number of hydrogen-bond acceptors (Lipinski definition) is 3. The molecule has 0 atom stereocenters. The van der Waals surface area contributed by atoms with E-state index in [2.05, 4.69) is 0 Å². The highest BCUT2D eigenvalue weighted by Gasteiger charge is 2.19. The molecule has 0 radical (unpaired) electrons. The van der Waals surface area contributed by atoms with E-state index in [-0.39, 0.29) is 17.3 Å². The topological polar surface area (TPSA) is 43.4 Å². The minimum Gasteiger partial charge on any atom is -0.492 e. The van der Waals surface area contributed by atoms with Gasteiger partial charge in [0.05, 0.1) is 7.11 Å². The number of ether oxygens (including phenoxy) is 1. The van der Waals surface area contributed by atoms with Crippen LogP contribution in [0.25, 0.3) is 0 Å². The van der Waals surface area contributed by atoms with Gasteiger partial charge in [0.2, 0.25) is 5.78 Å². The Balaban J connectivity index is 3.09. The first kappa shape index (κ1) is 7.72. The molecule has 0 aromatic carbocycles. The second-order valence-corrected chi connectivity index (χ2v) is 2.22. The predicted molar refractivity (Wildman–Crippen MR) is 38.9 cm³/mol. The van der Waals surface area contributed by atoms with E-state index < -0.39 is 0 Å². The van der Waals surface area contributed by atoms with E-state index in [0.29, 0.717) is 5.57 Å². The number of carbonyl (C=O) groups excluding carboxylic acids is 2. The normalized spacial score (nSPS) is 17.6. The summed E-state index contributed by atoms with van der Waals surface area (Å²) in [5.74, 6) is -0.261. The van der Waals surface area contributed by atoms with Crippen LogP contribution in [0.5, 0.6) is 0 Å². The van der Waals surface area contributed by atoms with E-state index in [9.17, 15) is 9.59 Å². The van der Waals surface area contributed by atoms with Gasteiger partial charge >= 0.3 is 0 Å². The Morgan fingerprint density at radius 2 is 1.73 bits per heavy atom. The molecule has 1 aliphatic rings. The van der Waals surface area contributed by atoms with Gasteiger partial charge in [0.1, 0.15) is 0 Å². The van der Waals surface area contributed by atoms with E-state index in [4.69, 9.17) is 4.74 Å². The molecule has 11 heavy (non-hydrogen) atoms. The largest absolute Gasteiger partial charge is 0.492 e. The molecule has 0 heterocycles. The summed E-state index contributed by atoms with van der Waals surface area (Å²) in [6.45, 7) is 1.57. The van der Waals surface area contributed by atoms with Gasteiger partial charge in [0.25, 0.3) is 0 Å². The molecule has 0 unspecified atom stereocenters. The standard InChI is InChI=1S/C8H8O3/c1-5-6(9)3-4-7(10)8(5)11-2/h3-4H,1-2H3. The Labute approximate surface area is 64.3 Å². The molecule has 0 saturated heterocycles. The van der Waals surface area contributed by atoms with Crippen molar-refractivity contribution in [3.63, 3.8) is 0 Å². The van der Waals surface area contributed by atoms with Gasteiger partial charge in [-0.15, -0.1) is 0 Å². The smallest absolute Gasteiger partial charge is 0.220 e. The molecule has 1 rings (SSSR count). The summed E-state index contributed by atoms with van der Waals surface area (Å²) in [6, 6.07) is 0. The first-order valence-electron chi connectivity index (χ1n) is 3.18. The van der Waals surface area contributed by atoms with E-state index in [1.165, 1.54) is 19.3 Å². The number of allylic oxidation sites excluding steroid dienone is 3. The van der Waals surface area contributed by atoms with Crippen molar-refractivity contribution in [1.82, 2.24) is 0 Å². The van der Waals surface area contributed by atoms with Crippen LogP contribution in [0.3, 0.4) is 0 Å². The van der Waals surface area contributed by atoms with Crippen molar-refractivity contribution in [2.45, 2.75) is 6.92 Å². The van der Waals surface area contributed by atoms with Gasteiger partial charge < -0.3 is 4.74 Å². The summed E-state index contributed by atoms with van der Waals surface area (Å²) in [4.78, 5) is 21.9. The van der Waals surface area contributed by atoms with Crippen LogP contribution in [0, 0.1) is 0 Å². The summed E-state index contributed by atoms with van der Waals surface area (Å²) in [5.41, 5.74) is 0.375. The molecular formula is C8H8O3. The van der Waals surface area contributed by atoms with Crippen molar-refractivity contribution in [3.05, 3.63) is 23.5 Å². The molecule has 0 aromatic rings. The molecule has 0 fully saturated rings. The quantitative estimate of drug-likeness (QED) is 0.517. The van der Waals surface area contributed by atoms with Gasteiger partial charge in [0.15, 0.2) is 11.5 Å². The van der Waals surface area contributed by atoms with Crippen LogP contribution < -0.4 is 0 Å². The second-order valence-electron chi connectivity index (χ2n) is 2.22. The van der Waals surface area contributed by atoms with E-state index in [0.717, 1.165) is 0 Å². The van der Waals surface area contributed by atoms with Gasteiger partial charge in [-0.1, -0.05) is 0 Å². The van der Waals surface area contributed by atoms with Gasteiger partial charge in [-0.05, 0) is 19.1 Å². The van der Waals surface area contributed by atoms with E-state index in [1.54, 1.807) is 6.92 Å². The zero-order valence-electron chi connectivity index (χ0n) is 6.38. The van der Waals surface area contributed by atoms with Crippen molar-refractivity contribution < 1.29 is 14.3 Å². The Morgan fingerprint density at radius 1 is 1.18 bits per heavy atom. The lowest BCUT2D eigenvalue weighted by Crippen LogP contribution is -2.13. The van der Waals surface area contributed by atoms with Crippen LogP contribution in [-0.2, 0) is 14.3 Å². The van der Waals surface area contributed by atoms with Crippen LogP contribution in [-0.4, -0.2) is 18.7 Å². The molecule has 58 valence electrons. The summed E-state index contributed by atoms with van der Waals surface area (Å²) >= 11 is 0. The minimum absolute atomic E-state index is 0.150. The first-order valence-corrected chi connectivity index (χ1v) is 3.18. The fourth-order valence-corrected chi connectivity index (χ4v) is 0.902. The molecule has 0 saturated carbocycles. The van der Waals surface area contributed by atoms with Crippen molar-refractivity contribution in [1.29, 1.82) is 0 Å². The van der Waals surface area contributed by atoms with Crippen LogP contribution in [0.2, 0.25) is 0 Å². The second kappa shape index (κ2) is 2.70. The molecule has 1 aliphatic carbocycles. The fourth-order valence-electron chi connectivity index (χ4n) is 0.902. The highest BCUT2D eigenvalue weighted by molar-refractivity contribution is 6.18. The highest BCUT2D eigenvalue weighted by Crippen LogP contribution is 2.13. The maximum atomic E-state index is 11.0. The third-order valence-corrected chi connectivity index (χ3v) is 1.52. The zero-order chi connectivity index (χ0) is 8.43. The lowest BCUT2D eigenvalue weighted by atomic mass is 10.0. The fraction of sp³-hybridized carbons (Fsp3) is 0.250. The number of rotatable bonds is 1. The minimum atomic E-state index is -0.246. The van der Waals surface area contributed by atoms with Crippen molar-refractivity contribution >= 4 is 11.6 Å². The highest BCUT2D eigenvalue weighted by atomic mass is 16.5. The molecule has 3 heteroatoms.